The van der Waals surface area contributed by atoms with Gasteiger partial charge in [0.15, 0.2) is 5.11 Å². The predicted molar refractivity (Wildman–Crippen MR) is 46.2 cm³/mol. The van der Waals surface area contributed by atoms with E-state index in [1.165, 1.54) is 0 Å². The normalized spacial score (nSPS) is 14.8. The van der Waals surface area contributed by atoms with Gasteiger partial charge in [-0.3, -0.25) is 0 Å². The molecule has 1 aliphatic rings. The van der Waals surface area contributed by atoms with Gasteiger partial charge >= 0.3 is 0 Å². The van der Waals surface area contributed by atoms with Crippen molar-refractivity contribution in [1.82, 2.24) is 15.1 Å². The first-order valence-electron chi connectivity index (χ1n) is 3.32. The summed E-state index contributed by atoms with van der Waals surface area (Å²) in [5.74, 6) is 0. The van der Waals surface area contributed by atoms with Crippen LogP contribution in [0.2, 0.25) is 0 Å². The SMILES string of the molecule is Cc1nn2c(c1N)CNC2=S. The first-order chi connectivity index (χ1) is 5.20. The minimum Gasteiger partial charge on any atom is -0.396 e. The van der Waals surface area contributed by atoms with E-state index in [1.807, 2.05) is 6.92 Å². The third-order valence-electron chi connectivity index (χ3n) is 1.81. The van der Waals surface area contributed by atoms with Gasteiger partial charge in [-0.2, -0.15) is 5.10 Å². The summed E-state index contributed by atoms with van der Waals surface area (Å²) in [6.45, 7) is 2.58. The third-order valence-corrected chi connectivity index (χ3v) is 2.12. The monoisotopic (exact) mass is 168 g/mol. The molecule has 2 rings (SSSR count). The summed E-state index contributed by atoms with van der Waals surface area (Å²) < 4.78 is 1.68. The number of thiocarbonyl (C=S) groups is 1. The first-order valence-corrected chi connectivity index (χ1v) is 3.73. The molecule has 11 heavy (non-hydrogen) atoms. The van der Waals surface area contributed by atoms with Crippen molar-refractivity contribution >= 4 is 23.0 Å². The molecule has 5 heteroatoms. The lowest BCUT2D eigenvalue weighted by atomic mass is 10.3. The number of rotatable bonds is 0. The highest BCUT2D eigenvalue weighted by atomic mass is 32.1. The molecule has 0 aliphatic carbocycles. The van der Waals surface area contributed by atoms with E-state index in [9.17, 15) is 0 Å². The fraction of sp³-hybridized carbons (Fsp3) is 0.333. The number of fused-ring (bicyclic) bond motifs is 1. The maximum atomic E-state index is 5.73. The molecule has 1 aromatic heterocycles. The molecule has 0 bridgehead atoms. The van der Waals surface area contributed by atoms with Crippen molar-refractivity contribution < 1.29 is 0 Å². The van der Waals surface area contributed by atoms with Gasteiger partial charge in [0, 0.05) is 0 Å². The number of nitrogen functional groups attached to an aromatic ring is 1. The van der Waals surface area contributed by atoms with Gasteiger partial charge in [-0.05, 0) is 19.1 Å². The van der Waals surface area contributed by atoms with Gasteiger partial charge in [-0.25, -0.2) is 4.68 Å². The summed E-state index contributed by atoms with van der Waals surface area (Å²) in [6, 6.07) is 0. The van der Waals surface area contributed by atoms with Crippen LogP contribution in [0.3, 0.4) is 0 Å². The van der Waals surface area contributed by atoms with Crippen molar-refractivity contribution in [2.75, 3.05) is 5.73 Å². The Morgan fingerprint density at radius 1 is 1.73 bits per heavy atom. The number of nitrogens with two attached hydrogens (primary N) is 1. The van der Waals surface area contributed by atoms with Crippen LogP contribution in [0.4, 0.5) is 5.69 Å². The van der Waals surface area contributed by atoms with Gasteiger partial charge in [-0.1, -0.05) is 0 Å². The molecule has 3 N–H and O–H groups in total. The number of aromatic nitrogens is 2. The van der Waals surface area contributed by atoms with E-state index in [2.05, 4.69) is 10.4 Å². The molecule has 0 saturated heterocycles. The summed E-state index contributed by atoms with van der Waals surface area (Å²) >= 11 is 4.98. The van der Waals surface area contributed by atoms with Gasteiger partial charge in [0.1, 0.15) is 0 Å². The Bertz CT molecular complexity index is 328. The highest BCUT2D eigenvalue weighted by Gasteiger charge is 2.20. The molecule has 2 heterocycles. The summed E-state index contributed by atoms with van der Waals surface area (Å²) in [5.41, 5.74) is 8.31. The van der Waals surface area contributed by atoms with Crippen LogP contribution >= 0.6 is 12.2 Å². The topological polar surface area (TPSA) is 55.9 Å². The third kappa shape index (κ3) is 0.742. The maximum Gasteiger partial charge on any atom is 0.194 e. The number of hydrogen-bond donors (Lipinski definition) is 2. The molecule has 0 amide bonds. The second-order valence-electron chi connectivity index (χ2n) is 2.52. The van der Waals surface area contributed by atoms with E-state index < -0.39 is 0 Å². The lowest BCUT2D eigenvalue weighted by Crippen LogP contribution is -2.18. The minimum atomic E-state index is 0.639. The summed E-state index contributed by atoms with van der Waals surface area (Å²) in [5, 5.41) is 7.78. The molecular formula is C6H8N4S. The molecule has 4 nitrogen and oxygen atoms in total. The average molecular weight is 168 g/mol. The summed E-state index contributed by atoms with van der Waals surface area (Å²) in [7, 11) is 0. The van der Waals surface area contributed by atoms with Gasteiger partial charge in [-0.15, -0.1) is 0 Å². The van der Waals surface area contributed by atoms with Crippen molar-refractivity contribution in [2.24, 2.45) is 0 Å². The largest absolute Gasteiger partial charge is 0.396 e. The molecule has 0 fully saturated rings. The van der Waals surface area contributed by atoms with Crippen LogP contribution in [-0.2, 0) is 6.54 Å². The standard InChI is InChI=1S/C6H8N4S/c1-3-5(7)4-2-8-6(11)10(4)9-3/h2,7H2,1H3,(H,8,11). The van der Waals surface area contributed by atoms with Gasteiger partial charge < -0.3 is 11.1 Å². The number of hydrogen-bond acceptors (Lipinski definition) is 3. The zero-order chi connectivity index (χ0) is 8.01. The zero-order valence-electron chi connectivity index (χ0n) is 6.09. The van der Waals surface area contributed by atoms with Crippen LogP contribution < -0.4 is 11.1 Å². The quantitative estimate of drug-likeness (QED) is 0.536. The fourth-order valence-electron chi connectivity index (χ4n) is 1.16. The minimum absolute atomic E-state index is 0.639. The molecular weight excluding hydrogens is 160 g/mol. The Morgan fingerprint density at radius 2 is 2.45 bits per heavy atom. The number of nitrogens with zero attached hydrogens (tertiary/aromatic N) is 2. The summed E-state index contributed by atoms with van der Waals surface area (Å²) in [4.78, 5) is 0. The Balaban J connectivity index is 2.66. The fourth-order valence-corrected chi connectivity index (χ4v) is 1.38. The lowest BCUT2D eigenvalue weighted by Gasteiger charge is -1.92. The van der Waals surface area contributed by atoms with Crippen LogP contribution in [-0.4, -0.2) is 14.9 Å². The van der Waals surface area contributed by atoms with Crippen LogP contribution in [0.15, 0.2) is 0 Å². The maximum absolute atomic E-state index is 5.73. The number of anilines is 1. The molecule has 1 aliphatic heterocycles. The van der Waals surface area contributed by atoms with E-state index >= 15 is 0 Å². The molecule has 1 aromatic rings. The second-order valence-corrected chi connectivity index (χ2v) is 2.90. The van der Waals surface area contributed by atoms with E-state index in [1.54, 1.807) is 4.68 Å². The van der Waals surface area contributed by atoms with Crippen LogP contribution in [0.1, 0.15) is 11.4 Å². The zero-order valence-corrected chi connectivity index (χ0v) is 6.90. The Labute approximate surface area is 69.4 Å². The molecule has 0 saturated carbocycles. The van der Waals surface area contributed by atoms with E-state index in [0.717, 1.165) is 17.1 Å². The van der Waals surface area contributed by atoms with Crippen molar-refractivity contribution in [3.63, 3.8) is 0 Å². The van der Waals surface area contributed by atoms with Gasteiger partial charge in [0.25, 0.3) is 0 Å². The summed E-state index contributed by atoms with van der Waals surface area (Å²) in [6.07, 6.45) is 0. The molecule has 58 valence electrons. The molecule has 0 atom stereocenters. The second kappa shape index (κ2) is 1.94. The molecule has 0 radical (unpaired) electrons. The Morgan fingerprint density at radius 3 is 3.09 bits per heavy atom. The lowest BCUT2D eigenvalue weighted by molar-refractivity contribution is 0.910. The van der Waals surface area contributed by atoms with E-state index in [-0.39, 0.29) is 0 Å². The molecule has 0 unspecified atom stereocenters. The van der Waals surface area contributed by atoms with E-state index in [0.29, 0.717) is 11.7 Å². The Hall–Kier alpha value is -1.10. The van der Waals surface area contributed by atoms with Gasteiger partial charge in [0.2, 0.25) is 0 Å². The first kappa shape index (κ1) is 6.60. The number of nitrogens with one attached hydrogen (secondary N) is 1. The van der Waals surface area contributed by atoms with E-state index in [4.69, 9.17) is 18.0 Å². The van der Waals surface area contributed by atoms with Crippen molar-refractivity contribution in [1.29, 1.82) is 0 Å². The van der Waals surface area contributed by atoms with Crippen LogP contribution in [0, 0.1) is 6.92 Å². The van der Waals surface area contributed by atoms with Crippen molar-refractivity contribution in [2.45, 2.75) is 13.5 Å². The van der Waals surface area contributed by atoms with Crippen LogP contribution in [0.5, 0.6) is 0 Å². The molecule has 0 spiro atoms. The number of aryl methyl sites for hydroxylation is 1. The highest BCUT2D eigenvalue weighted by molar-refractivity contribution is 7.80. The Kier molecular flexibility index (Phi) is 1.17. The highest BCUT2D eigenvalue weighted by Crippen LogP contribution is 2.18. The smallest absolute Gasteiger partial charge is 0.194 e. The average Bonchev–Trinajstić information content (AvgIpc) is 2.43. The predicted octanol–water partition coefficient (Wildman–Crippen LogP) is 0.00992. The van der Waals surface area contributed by atoms with Gasteiger partial charge in [0.05, 0.1) is 23.6 Å². The van der Waals surface area contributed by atoms with Crippen molar-refractivity contribution in [3.05, 3.63) is 11.4 Å². The molecule has 0 aromatic carbocycles. The van der Waals surface area contributed by atoms with Crippen LogP contribution in [0.25, 0.3) is 0 Å². The van der Waals surface area contributed by atoms with Crippen molar-refractivity contribution in [3.8, 4) is 0 Å².